The zero-order valence-corrected chi connectivity index (χ0v) is 16.5. The average molecular weight is 390 g/mol. The van der Waals surface area contributed by atoms with Gasteiger partial charge in [-0.2, -0.15) is 0 Å². The number of hydrogen-bond donors (Lipinski definition) is 1. The van der Waals surface area contributed by atoms with Gasteiger partial charge in [-0.3, -0.25) is 19.7 Å². The molecule has 0 bridgehead atoms. The Balaban J connectivity index is 2.19. The summed E-state index contributed by atoms with van der Waals surface area (Å²) in [6, 6.07) is 4.34. The van der Waals surface area contributed by atoms with Gasteiger partial charge in [0.05, 0.1) is 4.92 Å². The molecule has 2 amide bonds. The van der Waals surface area contributed by atoms with Crippen molar-refractivity contribution in [2.45, 2.75) is 27.7 Å². The van der Waals surface area contributed by atoms with E-state index in [-0.39, 0.29) is 29.6 Å². The van der Waals surface area contributed by atoms with Crippen LogP contribution in [0.1, 0.15) is 34.6 Å². The van der Waals surface area contributed by atoms with Crippen LogP contribution in [0.4, 0.5) is 10.8 Å². The van der Waals surface area contributed by atoms with E-state index < -0.39 is 10.8 Å². The number of nitrogens with one attached hydrogen (secondary N) is 1. The lowest BCUT2D eigenvalue weighted by Crippen LogP contribution is -2.40. The Bertz CT molecular complexity index is 863. The zero-order chi connectivity index (χ0) is 20.1. The summed E-state index contributed by atoms with van der Waals surface area (Å²) in [5.41, 5.74) is 0.544. The number of nitro groups is 1. The molecule has 0 aliphatic rings. The number of rotatable bonds is 7. The monoisotopic (exact) mass is 390 g/mol. The highest BCUT2D eigenvalue weighted by molar-refractivity contribution is 7.15. The van der Waals surface area contributed by atoms with Gasteiger partial charge >= 0.3 is 0 Å². The lowest BCUT2D eigenvalue weighted by atomic mass is 10.1. The predicted octanol–water partition coefficient (Wildman–Crippen LogP) is 3.41. The summed E-state index contributed by atoms with van der Waals surface area (Å²) in [5.74, 6) is -0.651. The lowest BCUT2D eigenvalue weighted by molar-refractivity contribution is -0.385. The first-order valence-corrected chi connectivity index (χ1v) is 9.25. The first kappa shape index (κ1) is 20.5. The van der Waals surface area contributed by atoms with Crippen LogP contribution in [-0.2, 0) is 4.79 Å². The summed E-state index contributed by atoms with van der Waals surface area (Å²) in [4.78, 5) is 42.3. The number of carbonyl (C=O) groups is 2. The molecule has 1 heterocycles. The van der Waals surface area contributed by atoms with Gasteiger partial charge in [-0.25, -0.2) is 4.98 Å². The van der Waals surface area contributed by atoms with Crippen molar-refractivity contribution >= 4 is 34.0 Å². The molecule has 0 saturated carbocycles. The molecule has 0 fully saturated rings. The molecule has 9 heteroatoms. The number of thiazole rings is 1. The molecule has 144 valence electrons. The van der Waals surface area contributed by atoms with Crippen molar-refractivity contribution in [1.82, 2.24) is 9.88 Å². The highest BCUT2D eigenvalue weighted by Crippen LogP contribution is 2.21. The van der Waals surface area contributed by atoms with Gasteiger partial charge in [0.2, 0.25) is 5.91 Å². The fraction of sp³-hybridized carbons (Fsp3) is 0.389. The van der Waals surface area contributed by atoms with E-state index >= 15 is 0 Å². The zero-order valence-electron chi connectivity index (χ0n) is 15.7. The van der Waals surface area contributed by atoms with Crippen molar-refractivity contribution in [3.05, 3.63) is 50.5 Å². The van der Waals surface area contributed by atoms with Crippen molar-refractivity contribution in [3.63, 3.8) is 0 Å². The molecule has 1 aromatic carbocycles. The van der Waals surface area contributed by atoms with E-state index in [9.17, 15) is 19.7 Å². The van der Waals surface area contributed by atoms with Gasteiger partial charge in [0.1, 0.15) is 6.54 Å². The number of aromatic nitrogens is 1. The predicted molar refractivity (Wildman–Crippen MR) is 104 cm³/mol. The number of carbonyl (C=O) groups excluding carboxylic acids is 2. The maximum atomic E-state index is 12.9. The van der Waals surface area contributed by atoms with Crippen LogP contribution in [0.2, 0.25) is 0 Å². The second-order valence-electron chi connectivity index (χ2n) is 6.66. The molecule has 27 heavy (non-hydrogen) atoms. The quantitative estimate of drug-likeness (QED) is 0.576. The Morgan fingerprint density at radius 1 is 1.33 bits per heavy atom. The summed E-state index contributed by atoms with van der Waals surface area (Å²) in [7, 11) is 0. The summed E-state index contributed by atoms with van der Waals surface area (Å²) in [6.45, 7) is 7.55. The fourth-order valence-corrected chi connectivity index (χ4v) is 3.21. The Labute approximate surface area is 161 Å². The van der Waals surface area contributed by atoms with Gasteiger partial charge in [0.15, 0.2) is 5.13 Å². The maximum Gasteiger partial charge on any atom is 0.273 e. The summed E-state index contributed by atoms with van der Waals surface area (Å²) in [5, 5.41) is 14.3. The molecular formula is C18H22N4O4S. The van der Waals surface area contributed by atoms with Crippen LogP contribution in [0.3, 0.4) is 0 Å². The van der Waals surface area contributed by atoms with E-state index in [4.69, 9.17) is 0 Å². The van der Waals surface area contributed by atoms with Crippen LogP contribution < -0.4 is 5.32 Å². The van der Waals surface area contributed by atoms with Gasteiger partial charge < -0.3 is 10.2 Å². The number of nitro benzene ring substituents is 1. The van der Waals surface area contributed by atoms with E-state index in [1.165, 1.54) is 28.4 Å². The highest BCUT2D eigenvalue weighted by Gasteiger charge is 2.23. The molecule has 1 N–H and O–H groups in total. The molecule has 8 nitrogen and oxygen atoms in total. The third-order valence-corrected chi connectivity index (χ3v) is 4.56. The number of hydrogen-bond acceptors (Lipinski definition) is 6. The minimum Gasteiger partial charge on any atom is -0.329 e. The molecule has 0 spiro atoms. The van der Waals surface area contributed by atoms with E-state index in [0.29, 0.717) is 17.2 Å². The fourth-order valence-electron chi connectivity index (χ4n) is 2.53. The minimum atomic E-state index is -0.517. The summed E-state index contributed by atoms with van der Waals surface area (Å²) >= 11 is 1.35. The van der Waals surface area contributed by atoms with Gasteiger partial charge in [-0.05, 0) is 25.8 Å². The number of aryl methyl sites for hydroxylation is 2. The average Bonchev–Trinajstić information content (AvgIpc) is 2.98. The van der Waals surface area contributed by atoms with Crippen LogP contribution >= 0.6 is 11.3 Å². The largest absolute Gasteiger partial charge is 0.329 e. The van der Waals surface area contributed by atoms with Crippen LogP contribution in [0.25, 0.3) is 0 Å². The first-order chi connectivity index (χ1) is 12.7. The molecule has 0 aliphatic heterocycles. The standard InChI is InChI=1S/C18H22N4O4S/c1-11(2)9-21(10-16(23)20-18-19-8-13(4)27-18)17(24)14-6-5-12(3)15(7-14)22(25)26/h5-8,11H,9-10H2,1-4H3,(H,19,20,23). The molecule has 2 rings (SSSR count). The van der Waals surface area contributed by atoms with Gasteiger partial charge in [-0.15, -0.1) is 11.3 Å². The van der Waals surface area contributed by atoms with Crippen molar-refractivity contribution in [1.29, 1.82) is 0 Å². The number of nitrogens with zero attached hydrogens (tertiary/aromatic N) is 3. The van der Waals surface area contributed by atoms with Crippen LogP contribution in [0.15, 0.2) is 24.4 Å². The molecule has 1 aromatic heterocycles. The van der Waals surface area contributed by atoms with Crippen LogP contribution in [0.5, 0.6) is 0 Å². The Morgan fingerprint density at radius 3 is 2.59 bits per heavy atom. The van der Waals surface area contributed by atoms with E-state index in [2.05, 4.69) is 10.3 Å². The van der Waals surface area contributed by atoms with Crippen LogP contribution in [0, 0.1) is 29.9 Å². The second kappa shape index (κ2) is 8.72. The van der Waals surface area contributed by atoms with Crippen molar-refractivity contribution < 1.29 is 14.5 Å². The van der Waals surface area contributed by atoms with Crippen molar-refractivity contribution in [3.8, 4) is 0 Å². The third kappa shape index (κ3) is 5.58. The second-order valence-corrected chi connectivity index (χ2v) is 7.90. The third-order valence-electron chi connectivity index (χ3n) is 3.73. The van der Waals surface area contributed by atoms with Crippen molar-refractivity contribution in [2.24, 2.45) is 5.92 Å². The van der Waals surface area contributed by atoms with Gasteiger partial charge in [-0.1, -0.05) is 19.9 Å². The lowest BCUT2D eigenvalue weighted by Gasteiger charge is -2.24. The smallest absolute Gasteiger partial charge is 0.273 e. The maximum absolute atomic E-state index is 12.9. The van der Waals surface area contributed by atoms with Gasteiger partial charge in [0, 0.05) is 34.8 Å². The number of benzene rings is 1. The molecule has 0 radical (unpaired) electrons. The van der Waals surface area contributed by atoms with Crippen molar-refractivity contribution in [2.75, 3.05) is 18.4 Å². The molecule has 0 aliphatic carbocycles. The SMILES string of the molecule is Cc1cnc(NC(=O)CN(CC(C)C)C(=O)c2ccc(C)c([N+](=O)[O-])c2)s1. The molecule has 0 saturated heterocycles. The topological polar surface area (TPSA) is 105 Å². The van der Waals surface area contributed by atoms with E-state index in [0.717, 1.165) is 4.88 Å². The molecule has 0 unspecified atom stereocenters. The summed E-state index contributed by atoms with van der Waals surface area (Å²) < 4.78 is 0. The molecule has 0 atom stereocenters. The van der Waals surface area contributed by atoms with E-state index in [1.54, 1.807) is 19.2 Å². The van der Waals surface area contributed by atoms with E-state index in [1.807, 2.05) is 20.8 Å². The first-order valence-electron chi connectivity index (χ1n) is 8.44. The van der Waals surface area contributed by atoms with Crippen LogP contribution in [-0.4, -0.2) is 39.7 Å². The summed E-state index contributed by atoms with van der Waals surface area (Å²) in [6.07, 6.45) is 1.66. The Hall–Kier alpha value is -2.81. The van der Waals surface area contributed by atoms with Gasteiger partial charge in [0.25, 0.3) is 11.6 Å². The Kier molecular flexibility index (Phi) is 6.62. The highest BCUT2D eigenvalue weighted by atomic mass is 32.1. The molecular weight excluding hydrogens is 368 g/mol. The number of anilines is 1. The normalized spacial score (nSPS) is 10.7. The number of amides is 2. The Morgan fingerprint density at radius 2 is 2.04 bits per heavy atom. The molecule has 2 aromatic rings. The minimum absolute atomic E-state index is 0.118.